The lowest BCUT2D eigenvalue weighted by atomic mass is 9.97. The molecule has 1 aliphatic carbocycles. The van der Waals surface area contributed by atoms with Crippen LogP contribution >= 0.6 is 0 Å². The summed E-state index contributed by atoms with van der Waals surface area (Å²) in [5.41, 5.74) is 1.22. The molecule has 1 unspecified atom stereocenters. The van der Waals surface area contributed by atoms with Crippen molar-refractivity contribution in [3.05, 3.63) is 83.4 Å². The fourth-order valence-corrected chi connectivity index (χ4v) is 3.91. The number of hydrogen-bond acceptors (Lipinski definition) is 4. The van der Waals surface area contributed by atoms with Gasteiger partial charge >= 0.3 is 6.18 Å². The molecule has 178 valence electrons. The Hall–Kier alpha value is -3.26. The molecule has 2 heterocycles. The molecule has 1 amide bonds. The molecule has 0 saturated heterocycles. The van der Waals surface area contributed by atoms with E-state index in [0.29, 0.717) is 29.7 Å². The van der Waals surface area contributed by atoms with Gasteiger partial charge in [0, 0.05) is 35.9 Å². The van der Waals surface area contributed by atoms with Crippen molar-refractivity contribution in [2.24, 2.45) is 5.92 Å². The van der Waals surface area contributed by atoms with Crippen LogP contribution in [0.3, 0.4) is 0 Å². The number of hydrogen-bond donors (Lipinski definition) is 2. The minimum absolute atomic E-state index is 0.119. The molecule has 5 nitrogen and oxygen atoms in total. The number of halogens is 3. The zero-order chi connectivity index (χ0) is 24.3. The topological polar surface area (TPSA) is 75.1 Å². The van der Waals surface area contributed by atoms with E-state index in [-0.39, 0.29) is 18.0 Å². The van der Waals surface area contributed by atoms with E-state index in [4.69, 9.17) is 0 Å². The first-order chi connectivity index (χ1) is 16.1. The third-order valence-corrected chi connectivity index (χ3v) is 6.16. The van der Waals surface area contributed by atoms with Gasteiger partial charge in [-0.3, -0.25) is 14.8 Å². The molecule has 4 rings (SSSR count). The van der Waals surface area contributed by atoms with Gasteiger partial charge in [-0.05, 0) is 74.4 Å². The molecule has 0 spiro atoms. The van der Waals surface area contributed by atoms with Gasteiger partial charge in [0.05, 0.1) is 16.7 Å². The molecule has 1 saturated carbocycles. The number of nitrogens with zero attached hydrogens (tertiary/aromatic N) is 2. The van der Waals surface area contributed by atoms with Crippen LogP contribution < -0.4 is 5.32 Å². The summed E-state index contributed by atoms with van der Waals surface area (Å²) in [7, 11) is 0. The van der Waals surface area contributed by atoms with E-state index >= 15 is 0 Å². The highest BCUT2D eigenvalue weighted by Crippen LogP contribution is 2.39. The predicted molar refractivity (Wildman–Crippen MR) is 122 cm³/mol. The molecule has 1 atom stereocenters. The Morgan fingerprint density at radius 3 is 2.44 bits per heavy atom. The van der Waals surface area contributed by atoms with Crippen LogP contribution in [0.15, 0.2) is 60.9 Å². The SMILES string of the molecule is CC(O)(CNC(=O)c1cnc(CCc2ccccn2)c(-c2ccc(C(F)(F)F)cc2)c1)C1CC1. The highest BCUT2D eigenvalue weighted by molar-refractivity contribution is 5.95. The van der Waals surface area contributed by atoms with Gasteiger partial charge in [-0.2, -0.15) is 13.2 Å². The van der Waals surface area contributed by atoms with E-state index in [1.165, 1.54) is 18.3 Å². The maximum absolute atomic E-state index is 13.0. The number of alkyl halides is 3. The number of pyridine rings is 2. The number of carbonyl (C=O) groups excluding carboxylic acids is 1. The molecule has 1 aliphatic rings. The molecule has 0 aliphatic heterocycles. The largest absolute Gasteiger partial charge is 0.416 e. The minimum Gasteiger partial charge on any atom is -0.388 e. The van der Waals surface area contributed by atoms with E-state index in [2.05, 4.69) is 15.3 Å². The van der Waals surface area contributed by atoms with E-state index in [9.17, 15) is 23.1 Å². The second-order valence-corrected chi connectivity index (χ2v) is 8.93. The summed E-state index contributed by atoms with van der Waals surface area (Å²) in [6, 6.07) is 12.1. The average Bonchev–Trinajstić information content (AvgIpc) is 3.68. The number of nitrogens with one attached hydrogen (secondary N) is 1. The molecule has 1 aromatic carbocycles. The van der Waals surface area contributed by atoms with Gasteiger partial charge in [0.25, 0.3) is 5.91 Å². The van der Waals surface area contributed by atoms with Gasteiger partial charge in [0.1, 0.15) is 0 Å². The summed E-state index contributed by atoms with van der Waals surface area (Å²) in [6.07, 6.45) is 1.70. The van der Waals surface area contributed by atoms with Crippen molar-refractivity contribution in [1.29, 1.82) is 0 Å². The molecule has 34 heavy (non-hydrogen) atoms. The molecular formula is C26H26F3N3O2. The van der Waals surface area contributed by atoms with E-state index in [1.807, 2.05) is 18.2 Å². The Labute approximate surface area is 196 Å². The van der Waals surface area contributed by atoms with Gasteiger partial charge in [0.2, 0.25) is 0 Å². The number of aromatic nitrogens is 2. The number of aliphatic hydroxyl groups is 1. The summed E-state index contributed by atoms with van der Waals surface area (Å²) < 4.78 is 39.1. The monoisotopic (exact) mass is 469 g/mol. The fraction of sp³-hybridized carbons (Fsp3) is 0.346. The van der Waals surface area contributed by atoms with Crippen LogP contribution in [0, 0.1) is 5.92 Å². The van der Waals surface area contributed by atoms with Crippen molar-refractivity contribution >= 4 is 5.91 Å². The van der Waals surface area contributed by atoms with Crippen molar-refractivity contribution in [3.8, 4) is 11.1 Å². The van der Waals surface area contributed by atoms with Crippen LogP contribution in [0.1, 0.15) is 47.1 Å². The fourth-order valence-electron chi connectivity index (χ4n) is 3.91. The van der Waals surface area contributed by atoms with Gasteiger partial charge in [-0.1, -0.05) is 18.2 Å². The predicted octanol–water partition coefficient (Wildman–Crippen LogP) is 4.84. The third-order valence-electron chi connectivity index (χ3n) is 6.16. The molecule has 2 aromatic heterocycles. The molecule has 1 fully saturated rings. The summed E-state index contributed by atoms with van der Waals surface area (Å²) in [4.78, 5) is 21.6. The first kappa shape index (κ1) is 23.9. The second-order valence-electron chi connectivity index (χ2n) is 8.93. The normalized spacial score (nSPS) is 15.6. The van der Waals surface area contributed by atoms with Crippen LogP contribution in [-0.2, 0) is 19.0 Å². The number of amides is 1. The van der Waals surface area contributed by atoms with Gasteiger partial charge < -0.3 is 10.4 Å². The maximum Gasteiger partial charge on any atom is 0.416 e. The average molecular weight is 470 g/mol. The van der Waals surface area contributed by atoms with Crippen molar-refractivity contribution in [1.82, 2.24) is 15.3 Å². The molecular weight excluding hydrogens is 443 g/mol. The summed E-state index contributed by atoms with van der Waals surface area (Å²) in [5, 5.41) is 13.2. The van der Waals surface area contributed by atoms with E-state index < -0.39 is 23.2 Å². The molecule has 8 heteroatoms. The van der Waals surface area contributed by atoms with Gasteiger partial charge in [-0.15, -0.1) is 0 Å². The minimum atomic E-state index is -4.43. The Bertz CT molecular complexity index is 1140. The lowest BCUT2D eigenvalue weighted by Crippen LogP contribution is -2.42. The maximum atomic E-state index is 13.0. The van der Waals surface area contributed by atoms with Crippen molar-refractivity contribution in [3.63, 3.8) is 0 Å². The number of aryl methyl sites for hydroxylation is 2. The third kappa shape index (κ3) is 5.80. The summed E-state index contributed by atoms with van der Waals surface area (Å²) in [5.74, 6) is -0.208. The number of benzene rings is 1. The Morgan fingerprint density at radius 2 is 1.82 bits per heavy atom. The molecule has 3 aromatic rings. The molecule has 0 bridgehead atoms. The standard InChI is InChI=1S/C26H26F3N3O2/c1-25(34,19-9-10-19)16-32-24(33)18-14-22(17-5-7-20(8-6-17)26(27,28)29)23(31-15-18)12-11-21-4-2-3-13-30-21/h2-8,13-15,19,34H,9-12,16H2,1H3,(H,32,33). The van der Waals surface area contributed by atoms with Gasteiger partial charge in [0.15, 0.2) is 0 Å². The van der Waals surface area contributed by atoms with E-state index in [0.717, 1.165) is 30.7 Å². The van der Waals surface area contributed by atoms with Crippen LogP contribution in [-0.4, -0.2) is 33.1 Å². The molecule has 0 radical (unpaired) electrons. The van der Waals surface area contributed by atoms with E-state index in [1.54, 1.807) is 19.2 Å². The lowest BCUT2D eigenvalue weighted by Gasteiger charge is -2.23. The van der Waals surface area contributed by atoms with Crippen molar-refractivity contribution < 1.29 is 23.1 Å². The summed E-state index contributed by atoms with van der Waals surface area (Å²) >= 11 is 0. The number of rotatable bonds is 8. The summed E-state index contributed by atoms with van der Waals surface area (Å²) in [6.45, 7) is 1.82. The van der Waals surface area contributed by atoms with Crippen LogP contribution in [0.2, 0.25) is 0 Å². The Kier molecular flexibility index (Phi) is 6.70. The molecule has 2 N–H and O–H groups in total. The Morgan fingerprint density at radius 1 is 1.09 bits per heavy atom. The smallest absolute Gasteiger partial charge is 0.388 e. The zero-order valence-electron chi connectivity index (χ0n) is 18.8. The first-order valence-corrected chi connectivity index (χ1v) is 11.2. The van der Waals surface area contributed by atoms with Crippen LogP contribution in [0.25, 0.3) is 11.1 Å². The highest BCUT2D eigenvalue weighted by atomic mass is 19.4. The van der Waals surface area contributed by atoms with Crippen LogP contribution in [0.5, 0.6) is 0 Å². The van der Waals surface area contributed by atoms with Crippen molar-refractivity contribution in [2.45, 2.75) is 44.4 Å². The quantitative estimate of drug-likeness (QED) is 0.495. The van der Waals surface area contributed by atoms with Crippen LogP contribution in [0.4, 0.5) is 13.2 Å². The Balaban J connectivity index is 1.59. The first-order valence-electron chi connectivity index (χ1n) is 11.2. The van der Waals surface area contributed by atoms with Crippen molar-refractivity contribution in [2.75, 3.05) is 6.54 Å². The van der Waals surface area contributed by atoms with Gasteiger partial charge in [-0.25, -0.2) is 0 Å². The number of carbonyl (C=O) groups is 1. The lowest BCUT2D eigenvalue weighted by molar-refractivity contribution is -0.137. The zero-order valence-corrected chi connectivity index (χ0v) is 18.8. The second kappa shape index (κ2) is 9.54. The highest BCUT2D eigenvalue weighted by Gasteiger charge is 2.40.